The quantitative estimate of drug-likeness (QED) is 0.519. The third-order valence-electron chi connectivity index (χ3n) is 0.988. The lowest BCUT2D eigenvalue weighted by Gasteiger charge is -2.08. The fourth-order valence-corrected chi connectivity index (χ4v) is 0.428. The van der Waals surface area contributed by atoms with Crippen molar-refractivity contribution in [2.45, 2.75) is 12.5 Å². The van der Waals surface area contributed by atoms with Gasteiger partial charge in [-0.3, -0.25) is 0 Å². The first-order valence-electron chi connectivity index (χ1n) is 2.59. The van der Waals surface area contributed by atoms with Gasteiger partial charge in [-0.05, 0) is 6.42 Å². The van der Waals surface area contributed by atoms with Crippen LogP contribution in [0.4, 0.5) is 0 Å². The van der Waals surface area contributed by atoms with Crippen molar-refractivity contribution in [3.8, 4) is 0 Å². The molecule has 0 aromatic rings. The van der Waals surface area contributed by atoms with E-state index in [4.69, 9.17) is 14.9 Å². The predicted octanol–water partition coefficient (Wildman–Crippen LogP) is -0.624. The number of hydrogen-bond acceptors (Lipinski definition) is 3. The highest BCUT2D eigenvalue weighted by atomic mass is 16.5. The number of hydrogen-bond donors (Lipinski definition) is 2. The maximum atomic E-state index is 8.42. The van der Waals surface area contributed by atoms with Gasteiger partial charge in [-0.2, -0.15) is 0 Å². The van der Waals surface area contributed by atoms with Crippen LogP contribution in [0.5, 0.6) is 0 Å². The number of methoxy groups -OCH3 is 1. The zero-order valence-electron chi connectivity index (χ0n) is 5.00. The van der Waals surface area contributed by atoms with Crippen LogP contribution >= 0.6 is 0 Å². The van der Waals surface area contributed by atoms with Crippen molar-refractivity contribution in [2.75, 3.05) is 20.3 Å². The van der Waals surface area contributed by atoms with Crippen molar-refractivity contribution in [1.82, 2.24) is 0 Å². The van der Waals surface area contributed by atoms with Gasteiger partial charge in [0, 0.05) is 13.7 Å². The molecule has 0 rings (SSSR count). The second-order valence-electron chi connectivity index (χ2n) is 1.55. The second kappa shape index (κ2) is 5.03. The largest absolute Gasteiger partial charge is 0.396 e. The Balaban J connectivity index is 3.07. The van der Waals surface area contributed by atoms with Crippen molar-refractivity contribution < 1.29 is 14.9 Å². The highest BCUT2D eigenvalue weighted by Crippen LogP contribution is 1.92. The molecule has 0 spiro atoms. The molecule has 0 radical (unpaired) electrons. The first kappa shape index (κ1) is 7.88. The summed E-state index contributed by atoms with van der Waals surface area (Å²) in [5, 5.41) is 16.7. The van der Waals surface area contributed by atoms with E-state index in [0.29, 0.717) is 6.42 Å². The van der Waals surface area contributed by atoms with Crippen LogP contribution in [-0.2, 0) is 4.74 Å². The standard InChI is InChI=1S/C5H12O3/c1-8-5(4-7)2-3-6/h5-7H,2-4H2,1H3/t5-/m0/s1. The van der Waals surface area contributed by atoms with E-state index in [-0.39, 0.29) is 19.3 Å². The molecule has 0 aromatic heterocycles. The Bertz CT molecular complexity index is 42.9. The minimum absolute atomic E-state index is 0.0168. The molecular formula is C5H12O3. The second-order valence-corrected chi connectivity index (χ2v) is 1.55. The molecule has 0 saturated carbocycles. The molecule has 3 nitrogen and oxygen atoms in total. The van der Waals surface area contributed by atoms with Gasteiger partial charge in [-0.25, -0.2) is 0 Å². The lowest BCUT2D eigenvalue weighted by Crippen LogP contribution is -2.16. The number of rotatable bonds is 4. The lowest BCUT2D eigenvalue weighted by atomic mass is 10.3. The Morgan fingerprint density at radius 3 is 2.25 bits per heavy atom. The van der Waals surface area contributed by atoms with E-state index in [1.54, 1.807) is 0 Å². The topological polar surface area (TPSA) is 49.7 Å². The van der Waals surface area contributed by atoms with Gasteiger partial charge in [0.25, 0.3) is 0 Å². The summed E-state index contributed by atoms with van der Waals surface area (Å²) >= 11 is 0. The van der Waals surface area contributed by atoms with Gasteiger partial charge in [0.2, 0.25) is 0 Å². The SMILES string of the molecule is CO[C@H](CO)CCO. The van der Waals surface area contributed by atoms with E-state index in [0.717, 1.165) is 0 Å². The van der Waals surface area contributed by atoms with Crippen LogP contribution in [0.15, 0.2) is 0 Å². The minimum atomic E-state index is -0.194. The molecule has 0 unspecified atom stereocenters. The van der Waals surface area contributed by atoms with Gasteiger partial charge < -0.3 is 14.9 Å². The third-order valence-corrected chi connectivity index (χ3v) is 0.988. The lowest BCUT2D eigenvalue weighted by molar-refractivity contribution is 0.0316. The van der Waals surface area contributed by atoms with Gasteiger partial charge in [-0.15, -0.1) is 0 Å². The van der Waals surface area contributed by atoms with Crippen molar-refractivity contribution in [2.24, 2.45) is 0 Å². The predicted molar refractivity (Wildman–Crippen MR) is 29.6 cm³/mol. The Kier molecular flexibility index (Phi) is 4.95. The first-order valence-corrected chi connectivity index (χ1v) is 2.59. The van der Waals surface area contributed by atoms with Crippen LogP contribution in [-0.4, -0.2) is 36.6 Å². The summed E-state index contributed by atoms with van der Waals surface area (Å²) in [4.78, 5) is 0. The Morgan fingerprint density at radius 2 is 2.12 bits per heavy atom. The van der Waals surface area contributed by atoms with Crippen LogP contribution in [0.25, 0.3) is 0 Å². The molecule has 0 heterocycles. The van der Waals surface area contributed by atoms with Crippen LogP contribution in [0.2, 0.25) is 0 Å². The molecule has 0 bridgehead atoms. The molecule has 0 saturated heterocycles. The van der Waals surface area contributed by atoms with E-state index in [1.807, 2.05) is 0 Å². The van der Waals surface area contributed by atoms with E-state index >= 15 is 0 Å². The van der Waals surface area contributed by atoms with Crippen molar-refractivity contribution >= 4 is 0 Å². The zero-order valence-corrected chi connectivity index (χ0v) is 5.00. The highest BCUT2D eigenvalue weighted by molar-refractivity contribution is 4.51. The van der Waals surface area contributed by atoms with E-state index < -0.39 is 0 Å². The monoisotopic (exact) mass is 120 g/mol. The smallest absolute Gasteiger partial charge is 0.0823 e. The fourth-order valence-electron chi connectivity index (χ4n) is 0.428. The summed E-state index contributed by atoms with van der Waals surface area (Å²) in [7, 11) is 1.51. The number of ether oxygens (including phenoxy) is 1. The molecule has 0 aromatic carbocycles. The summed E-state index contributed by atoms with van der Waals surface area (Å²) in [6.45, 7) is 0.0517. The molecule has 8 heavy (non-hydrogen) atoms. The van der Waals surface area contributed by atoms with Gasteiger partial charge in [0.05, 0.1) is 12.7 Å². The van der Waals surface area contributed by atoms with Crippen molar-refractivity contribution in [1.29, 1.82) is 0 Å². The third kappa shape index (κ3) is 2.96. The summed E-state index contributed by atoms with van der Waals surface area (Å²) in [5.41, 5.74) is 0. The Labute approximate surface area is 48.9 Å². The fraction of sp³-hybridized carbons (Fsp3) is 1.00. The minimum Gasteiger partial charge on any atom is -0.396 e. The molecular weight excluding hydrogens is 108 g/mol. The molecule has 3 heteroatoms. The van der Waals surface area contributed by atoms with Crippen LogP contribution in [0.1, 0.15) is 6.42 Å². The van der Waals surface area contributed by atoms with Gasteiger partial charge >= 0.3 is 0 Å². The summed E-state index contributed by atoms with van der Waals surface area (Å²) in [5.74, 6) is 0. The first-order chi connectivity index (χ1) is 3.85. The van der Waals surface area contributed by atoms with Gasteiger partial charge in [-0.1, -0.05) is 0 Å². The van der Waals surface area contributed by atoms with Crippen LogP contribution in [0.3, 0.4) is 0 Å². The number of aliphatic hydroxyl groups excluding tert-OH is 2. The molecule has 0 aliphatic rings. The Morgan fingerprint density at radius 1 is 1.50 bits per heavy atom. The molecule has 50 valence electrons. The summed E-state index contributed by atoms with van der Waals surface area (Å²) in [6.07, 6.45) is 0.312. The molecule has 0 amide bonds. The zero-order chi connectivity index (χ0) is 6.41. The molecule has 0 fully saturated rings. The van der Waals surface area contributed by atoms with Crippen LogP contribution < -0.4 is 0 Å². The average molecular weight is 120 g/mol. The Hall–Kier alpha value is -0.120. The van der Waals surface area contributed by atoms with Gasteiger partial charge in [0.1, 0.15) is 0 Å². The molecule has 0 aliphatic carbocycles. The highest BCUT2D eigenvalue weighted by Gasteiger charge is 2.01. The van der Waals surface area contributed by atoms with Crippen molar-refractivity contribution in [3.05, 3.63) is 0 Å². The van der Waals surface area contributed by atoms with Crippen LogP contribution in [0, 0.1) is 0 Å². The molecule has 1 atom stereocenters. The molecule has 2 N–H and O–H groups in total. The number of aliphatic hydroxyl groups is 2. The average Bonchev–Trinajstić information content (AvgIpc) is 1.83. The van der Waals surface area contributed by atoms with E-state index in [2.05, 4.69) is 0 Å². The van der Waals surface area contributed by atoms with E-state index in [9.17, 15) is 0 Å². The maximum absolute atomic E-state index is 8.42. The van der Waals surface area contributed by atoms with E-state index in [1.165, 1.54) is 7.11 Å². The van der Waals surface area contributed by atoms with Gasteiger partial charge in [0.15, 0.2) is 0 Å². The van der Waals surface area contributed by atoms with Crippen molar-refractivity contribution in [3.63, 3.8) is 0 Å². The normalized spacial score (nSPS) is 13.9. The molecule has 0 aliphatic heterocycles. The maximum Gasteiger partial charge on any atom is 0.0823 e. The summed E-state index contributed by atoms with van der Waals surface area (Å²) in [6, 6.07) is 0. The summed E-state index contributed by atoms with van der Waals surface area (Å²) < 4.78 is 4.73.